The number of aromatic nitrogens is 2. The molecular formula is C41H43F3N8O5. The summed E-state index contributed by atoms with van der Waals surface area (Å²) in [7, 11) is 0. The number of benzene rings is 2. The Morgan fingerprint density at radius 3 is 2.32 bits per heavy atom. The minimum atomic E-state index is -4.73. The Balaban J connectivity index is 0.816. The SMILES string of the molecule is [C-]#[N+]c1ccc(NC(=O)C(C)(C)n2cc(C3CCN(C4CCC5(CC4)CN(c4ccc6c(c4)C(=O)N(C4CCC(=O)NC4=O)C6=O)C5)CC3)cn2)cc1C(F)(F)F. The lowest BCUT2D eigenvalue weighted by atomic mass is 9.67. The van der Waals surface area contributed by atoms with Crippen molar-refractivity contribution in [3.63, 3.8) is 0 Å². The first-order valence-corrected chi connectivity index (χ1v) is 19.4. The number of amides is 5. The van der Waals surface area contributed by atoms with Crippen LogP contribution in [0, 0.1) is 12.0 Å². The summed E-state index contributed by atoms with van der Waals surface area (Å²) >= 11 is 0. The van der Waals surface area contributed by atoms with Crippen molar-refractivity contribution < 1.29 is 37.1 Å². The Morgan fingerprint density at radius 2 is 1.65 bits per heavy atom. The number of fused-ring (bicyclic) bond motifs is 1. The van der Waals surface area contributed by atoms with Crippen molar-refractivity contribution in [3.05, 3.63) is 82.5 Å². The van der Waals surface area contributed by atoms with Gasteiger partial charge >= 0.3 is 6.18 Å². The molecule has 298 valence electrons. The molecule has 1 spiro atoms. The Bertz CT molecular complexity index is 2200. The number of piperidine rings is 2. The van der Waals surface area contributed by atoms with E-state index < -0.39 is 58.5 Å². The lowest BCUT2D eigenvalue weighted by molar-refractivity contribution is -0.137. The molecule has 1 saturated carbocycles. The van der Waals surface area contributed by atoms with Crippen molar-refractivity contribution in [2.24, 2.45) is 5.41 Å². The summed E-state index contributed by atoms with van der Waals surface area (Å²) in [5.41, 5.74) is -0.179. The summed E-state index contributed by atoms with van der Waals surface area (Å²) in [4.78, 5) is 72.6. The van der Waals surface area contributed by atoms with E-state index in [-0.39, 0.29) is 35.4 Å². The number of hydrogen-bond acceptors (Lipinski definition) is 8. The molecule has 0 radical (unpaired) electrons. The predicted molar refractivity (Wildman–Crippen MR) is 201 cm³/mol. The van der Waals surface area contributed by atoms with E-state index in [0.29, 0.717) is 11.6 Å². The molecule has 3 aromatic rings. The second kappa shape index (κ2) is 14.1. The molecule has 5 amide bonds. The second-order valence-electron chi connectivity index (χ2n) is 16.6. The lowest BCUT2D eigenvalue weighted by Crippen LogP contribution is -2.59. The molecule has 4 aliphatic heterocycles. The maximum absolute atomic E-state index is 13.5. The van der Waals surface area contributed by atoms with Crippen molar-refractivity contribution in [1.29, 1.82) is 0 Å². The molecule has 8 rings (SSSR count). The fraction of sp³-hybridized carbons (Fsp3) is 0.488. The van der Waals surface area contributed by atoms with Crippen molar-refractivity contribution in [2.45, 2.75) is 94.9 Å². The number of carbonyl (C=O) groups is 5. The van der Waals surface area contributed by atoms with Crippen LogP contribution in [0.4, 0.5) is 30.2 Å². The van der Waals surface area contributed by atoms with E-state index in [9.17, 15) is 37.1 Å². The molecule has 2 aromatic carbocycles. The number of hydrogen-bond donors (Lipinski definition) is 2. The molecule has 5 heterocycles. The number of halogens is 3. The first kappa shape index (κ1) is 38.3. The minimum Gasteiger partial charge on any atom is -0.370 e. The number of likely N-dealkylation sites (tertiary alicyclic amines) is 1. The zero-order chi connectivity index (χ0) is 40.4. The van der Waals surface area contributed by atoms with E-state index in [1.807, 2.05) is 12.3 Å². The fourth-order valence-electron chi connectivity index (χ4n) is 9.28. The van der Waals surface area contributed by atoms with E-state index in [0.717, 1.165) is 93.0 Å². The second-order valence-corrected chi connectivity index (χ2v) is 16.6. The summed E-state index contributed by atoms with van der Waals surface area (Å²) in [6.07, 6.45) is 5.40. The Labute approximate surface area is 327 Å². The number of nitrogens with one attached hydrogen (secondary N) is 2. The Hall–Kier alpha value is -5.56. The summed E-state index contributed by atoms with van der Waals surface area (Å²) in [5.74, 6) is -2.29. The van der Waals surface area contributed by atoms with Gasteiger partial charge in [0.05, 0.1) is 29.5 Å². The maximum Gasteiger partial charge on any atom is 0.407 e. The maximum atomic E-state index is 13.5. The molecule has 2 N–H and O–H groups in total. The summed E-state index contributed by atoms with van der Waals surface area (Å²) < 4.78 is 42.0. The molecule has 0 bridgehead atoms. The minimum absolute atomic E-state index is 0.0482. The summed E-state index contributed by atoms with van der Waals surface area (Å²) in [6.45, 7) is 14.0. The fourth-order valence-corrected chi connectivity index (χ4v) is 9.28. The van der Waals surface area contributed by atoms with Gasteiger partial charge in [0.15, 0.2) is 5.69 Å². The Kier molecular flexibility index (Phi) is 9.49. The quantitative estimate of drug-likeness (QED) is 0.225. The number of alkyl halides is 3. The van der Waals surface area contributed by atoms with Gasteiger partial charge in [0, 0.05) is 48.5 Å². The number of carbonyl (C=O) groups excluding carboxylic acids is 5. The van der Waals surface area contributed by atoms with Crippen LogP contribution in [0.1, 0.15) is 103 Å². The number of nitrogens with zero attached hydrogens (tertiary/aromatic N) is 6. The molecule has 1 unspecified atom stereocenters. The molecular weight excluding hydrogens is 741 g/mol. The molecule has 1 atom stereocenters. The summed E-state index contributed by atoms with van der Waals surface area (Å²) in [6, 6.07) is 7.94. The van der Waals surface area contributed by atoms with Gasteiger partial charge in [-0.15, -0.1) is 0 Å². The lowest BCUT2D eigenvalue weighted by Gasteiger charge is -2.55. The van der Waals surface area contributed by atoms with Gasteiger partial charge in [0.25, 0.3) is 17.7 Å². The molecule has 16 heteroatoms. The molecule has 1 aromatic heterocycles. The van der Waals surface area contributed by atoms with Crippen LogP contribution in [0.25, 0.3) is 4.85 Å². The number of imide groups is 2. The number of rotatable bonds is 7. The van der Waals surface area contributed by atoms with E-state index in [1.54, 1.807) is 36.9 Å². The highest BCUT2D eigenvalue weighted by Gasteiger charge is 2.48. The van der Waals surface area contributed by atoms with Gasteiger partial charge in [-0.2, -0.15) is 18.3 Å². The van der Waals surface area contributed by atoms with Gasteiger partial charge in [-0.3, -0.25) is 38.9 Å². The molecule has 4 fully saturated rings. The van der Waals surface area contributed by atoms with Gasteiger partial charge < -0.3 is 15.1 Å². The summed E-state index contributed by atoms with van der Waals surface area (Å²) in [5, 5.41) is 9.29. The average molecular weight is 785 g/mol. The van der Waals surface area contributed by atoms with Crippen molar-refractivity contribution >= 4 is 46.6 Å². The third-order valence-corrected chi connectivity index (χ3v) is 12.8. The average Bonchev–Trinajstić information content (AvgIpc) is 3.77. The molecule has 1 aliphatic carbocycles. The third kappa shape index (κ3) is 6.96. The van der Waals surface area contributed by atoms with Crippen LogP contribution in [0.15, 0.2) is 48.8 Å². The molecule has 3 saturated heterocycles. The van der Waals surface area contributed by atoms with E-state index in [1.165, 1.54) is 6.07 Å². The van der Waals surface area contributed by atoms with Crippen LogP contribution < -0.4 is 15.5 Å². The van der Waals surface area contributed by atoms with Crippen molar-refractivity contribution in [1.82, 2.24) is 24.9 Å². The highest BCUT2D eigenvalue weighted by molar-refractivity contribution is 6.23. The monoisotopic (exact) mass is 784 g/mol. The van der Waals surface area contributed by atoms with Gasteiger partial charge in [-0.1, -0.05) is 6.07 Å². The van der Waals surface area contributed by atoms with E-state index >= 15 is 0 Å². The van der Waals surface area contributed by atoms with E-state index in [2.05, 4.69) is 30.4 Å². The highest BCUT2D eigenvalue weighted by Crippen LogP contribution is 2.48. The van der Waals surface area contributed by atoms with Gasteiger partial charge in [0.1, 0.15) is 11.6 Å². The van der Waals surface area contributed by atoms with Gasteiger partial charge in [-0.05, 0) is 114 Å². The molecule has 5 aliphatic rings. The Morgan fingerprint density at radius 1 is 0.947 bits per heavy atom. The predicted octanol–water partition coefficient (Wildman–Crippen LogP) is 5.86. The van der Waals surface area contributed by atoms with Gasteiger partial charge in [0.2, 0.25) is 11.8 Å². The van der Waals surface area contributed by atoms with Crippen LogP contribution in [0.5, 0.6) is 0 Å². The van der Waals surface area contributed by atoms with E-state index in [4.69, 9.17) is 6.57 Å². The first-order chi connectivity index (χ1) is 27.1. The topological polar surface area (TPSA) is 141 Å². The highest BCUT2D eigenvalue weighted by atomic mass is 19.4. The van der Waals surface area contributed by atoms with Crippen LogP contribution >= 0.6 is 0 Å². The standard InChI is InChI=1S/C41H43F3N8O5/c1-39(2,38(57)47-26-4-7-32(45-3)31(18-26)41(42,43)44)51-21-25(20-46-51)24-12-16-49(17-13-24)27-10-14-40(15-11-27)22-50(23-40)28-5-6-29-30(19-28)37(56)52(36(29)55)33-8-9-34(53)48-35(33)54/h4-7,18-21,24,27,33H,8-17,22-23H2,1-2H3,(H,47,57)(H,48,53,54). The van der Waals surface area contributed by atoms with Crippen molar-refractivity contribution in [3.8, 4) is 0 Å². The largest absolute Gasteiger partial charge is 0.407 e. The van der Waals surface area contributed by atoms with Crippen LogP contribution in [-0.4, -0.2) is 87.4 Å². The third-order valence-electron chi connectivity index (χ3n) is 12.8. The van der Waals surface area contributed by atoms with Crippen molar-refractivity contribution in [2.75, 3.05) is 36.4 Å². The normalized spacial score (nSPS) is 22.0. The van der Waals surface area contributed by atoms with Crippen LogP contribution in [-0.2, 0) is 26.1 Å². The zero-order valence-corrected chi connectivity index (χ0v) is 31.7. The van der Waals surface area contributed by atoms with Gasteiger partial charge in [-0.25, -0.2) is 4.85 Å². The van der Waals surface area contributed by atoms with Crippen LogP contribution in [0.3, 0.4) is 0 Å². The first-order valence-electron chi connectivity index (χ1n) is 19.4. The number of anilines is 2. The molecule has 57 heavy (non-hydrogen) atoms. The molecule has 13 nitrogen and oxygen atoms in total. The van der Waals surface area contributed by atoms with Crippen LogP contribution in [0.2, 0.25) is 0 Å². The smallest absolute Gasteiger partial charge is 0.370 e. The zero-order valence-electron chi connectivity index (χ0n) is 31.7.